The van der Waals surface area contributed by atoms with Crippen LogP contribution in [0.3, 0.4) is 0 Å². The van der Waals surface area contributed by atoms with Gasteiger partial charge in [0.1, 0.15) is 5.65 Å². The first kappa shape index (κ1) is 17.4. The fourth-order valence-electron chi connectivity index (χ4n) is 3.38. The normalized spacial score (nSPS) is 14.3. The van der Waals surface area contributed by atoms with Gasteiger partial charge in [0.25, 0.3) is 5.56 Å². The molecule has 0 bridgehead atoms. The number of fused-ring (bicyclic) bond motifs is 2. The molecule has 4 rings (SSSR count). The van der Waals surface area contributed by atoms with Gasteiger partial charge in [0.05, 0.1) is 30.2 Å². The Morgan fingerprint density at radius 1 is 1.22 bits per heavy atom. The summed E-state index contributed by atoms with van der Waals surface area (Å²) in [6.07, 6.45) is 1.76. The van der Waals surface area contributed by atoms with Crippen molar-refractivity contribution in [1.82, 2.24) is 29.4 Å². The Hall–Kier alpha value is -3.00. The van der Waals surface area contributed by atoms with Gasteiger partial charge in [-0.3, -0.25) is 23.6 Å². The van der Waals surface area contributed by atoms with Gasteiger partial charge in [-0.2, -0.15) is 5.10 Å². The summed E-state index contributed by atoms with van der Waals surface area (Å²) in [4.78, 5) is 30.3. The van der Waals surface area contributed by atoms with E-state index in [-0.39, 0.29) is 11.5 Å². The Morgan fingerprint density at radius 3 is 2.89 bits per heavy atom. The Morgan fingerprint density at radius 2 is 2.07 bits per heavy atom. The van der Waals surface area contributed by atoms with Crippen LogP contribution in [0.2, 0.25) is 0 Å². The number of pyridine rings is 1. The first-order valence-corrected chi connectivity index (χ1v) is 8.99. The highest BCUT2D eigenvalue weighted by Crippen LogP contribution is 2.16. The molecule has 0 atom stereocenters. The lowest BCUT2D eigenvalue weighted by Gasteiger charge is -2.27. The Balaban J connectivity index is 1.50. The molecule has 1 aliphatic rings. The molecule has 1 N–H and O–H groups in total. The number of amides is 1. The van der Waals surface area contributed by atoms with Gasteiger partial charge >= 0.3 is 0 Å². The van der Waals surface area contributed by atoms with E-state index in [0.717, 1.165) is 42.3 Å². The Labute approximate surface area is 156 Å². The molecular formula is C19H22N6O2. The van der Waals surface area contributed by atoms with Crippen LogP contribution in [0.25, 0.3) is 5.65 Å². The van der Waals surface area contributed by atoms with Gasteiger partial charge in [0.2, 0.25) is 5.91 Å². The minimum absolute atomic E-state index is 0.0605. The summed E-state index contributed by atoms with van der Waals surface area (Å²) >= 11 is 0. The van der Waals surface area contributed by atoms with Crippen LogP contribution < -0.4 is 10.9 Å². The predicted molar refractivity (Wildman–Crippen MR) is 100 cm³/mol. The minimum atomic E-state index is -0.0634. The molecule has 1 aliphatic heterocycles. The smallest absolute Gasteiger partial charge is 0.258 e. The summed E-state index contributed by atoms with van der Waals surface area (Å²) in [5.41, 5.74) is 4.44. The lowest BCUT2D eigenvalue weighted by Crippen LogP contribution is -2.34. The highest BCUT2D eigenvalue weighted by Gasteiger charge is 2.19. The zero-order valence-corrected chi connectivity index (χ0v) is 15.5. The number of hydrogen-bond acceptors (Lipinski definition) is 5. The topological polar surface area (TPSA) is 84.5 Å². The van der Waals surface area contributed by atoms with Crippen molar-refractivity contribution in [3.05, 3.63) is 63.5 Å². The quantitative estimate of drug-likeness (QED) is 0.740. The maximum atomic E-state index is 12.3. The zero-order valence-electron chi connectivity index (χ0n) is 15.5. The molecule has 1 amide bonds. The molecule has 140 valence electrons. The lowest BCUT2D eigenvalue weighted by atomic mass is 10.2. The standard InChI is InChI=1S/C19H22N6O2/c1-13-3-4-24-18(7-13)21-16(9-19(24)27)11-23-5-6-25-17(12-23)8-15(22-25)10-20-14(2)26/h3-4,7-9H,5-6,10-12H2,1-2H3,(H,20,26). The Bertz CT molecular complexity index is 1070. The van der Waals surface area contributed by atoms with Gasteiger partial charge in [-0.05, 0) is 30.7 Å². The van der Waals surface area contributed by atoms with Crippen LogP contribution >= 0.6 is 0 Å². The van der Waals surface area contributed by atoms with Crippen molar-refractivity contribution in [2.45, 2.75) is 40.0 Å². The van der Waals surface area contributed by atoms with Crippen LogP contribution in [0, 0.1) is 6.92 Å². The minimum Gasteiger partial charge on any atom is -0.351 e. The second kappa shape index (κ2) is 6.96. The second-order valence-electron chi connectivity index (χ2n) is 6.99. The average Bonchev–Trinajstić information content (AvgIpc) is 3.02. The summed E-state index contributed by atoms with van der Waals surface area (Å²) in [5.74, 6) is -0.0634. The van der Waals surface area contributed by atoms with Crippen LogP contribution in [0.4, 0.5) is 0 Å². The molecule has 0 saturated heterocycles. The zero-order chi connectivity index (χ0) is 19.0. The van der Waals surface area contributed by atoms with Crippen LogP contribution in [-0.2, 0) is 31.0 Å². The van der Waals surface area contributed by atoms with Crippen molar-refractivity contribution >= 4 is 11.6 Å². The molecule has 3 aromatic rings. The molecule has 0 saturated carbocycles. The van der Waals surface area contributed by atoms with Gasteiger partial charge in [0.15, 0.2) is 0 Å². The fourth-order valence-corrected chi connectivity index (χ4v) is 3.38. The second-order valence-corrected chi connectivity index (χ2v) is 6.99. The van der Waals surface area contributed by atoms with Crippen LogP contribution in [0.1, 0.15) is 29.6 Å². The van der Waals surface area contributed by atoms with E-state index < -0.39 is 0 Å². The molecule has 0 aromatic carbocycles. The molecule has 0 aliphatic carbocycles. The van der Waals surface area contributed by atoms with Crippen molar-refractivity contribution in [2.24, 2.45) is 0 Å². The maximum absolute atomic E-state index is 12.3. The highest BCUT2D eigenvalue weighted by molar-refractivity contribution is 5.72. The summed E-state index contributed by atoms with van der Waals surface area (Å²) in [6, 6.07) is 7.45. The molecule has 0 radical (unpaired) electrons. The number of nitrogens with zero attached hydrogens (tertiary/aromatic N) is 5. The number of carbonyl (C=O) groups is 1. The monoisotopic (exact) mass is 366 g/mol. The molecule has 8 nitrogen and oxygen atoms in total. The molecule has 0 fully saturated rings. The van der Waals surface area contributed by atoms with Crippen molar-refractivity contribution in [3.8, 4) is 0 Å². The van der Waals surface area contributed by atoms with Crippen molar-refractivity contribution in [1.29, 1.82) is 0 Å². The molecule has 8 heteroatoms. The molecule has 0 spiro atoms. The van der Waals surface area contributed by atoms with E-state index in [1.54, 1.807) is 16.7 Å². The molecule has 0 unspecified atom stereocenters. The van der Waals surface area contributed by atoms with Crippen molar-refractivity contribution < 1.29 is 4.79 Å². The largest absolute Gasteiger partial charge is 0.351 e. The third-order valence-corrected chi connectivity index (χ3v) is 4.71. The van der Waals surface area contributed by atoms with E-state index in [2.05, 4.69) is 20.3 Å². The molecule has 3 aromatic heterocycles. The van der Waals surface area contributed by atoms with E-state index in [9.17, 15) is 9.59 Å². The van der Waals surface area contributed by atoms with E-state index in [1.807, 2.05) is 29.8 Å². The van der Waals surface area contributed by atoms with Gasteiger partial charge in [0, 0.05) is 38.8 Å². The highest BCUT2D eigenvalue weighted by atomic mass is 16.1. The average molecular weight is 366 g/mol. The number of hydrogen-bond donors (Lipinski definition) is 1. The summed E-state index contributed by atoms with van der Waals surface area (Å²) in [7, 11) is 0. The van der Waals surface area contributed by atoms with Crippen molar-refractivity contribution in [3.63, 3.8) is 0 Å². The van der Waals surface area contributed by atoms with Gasteiger partial charge in [-0.15, -0.1) is 0 Å². The number of rotatable bonds is 4. The molecular weight excluding hydrogens is 344 g/mol. The van der Waals surface area contributed by atoms with Crippen LogP contribution in [0.15, 0.2) is 35.3 Å². The lowest BCUT2D eigenvalue weighted by molar-refractivity contribution is -0.119. The first-order valence-electron chi connectivity index (χ1n) is 8.99. The van der Waals surface area contributed by atoms with Crippen LogP contribution in [-0.4, -0.2) is 36.5 Å². The van der Waals surface area contributed by atoms with E-state index in [1.165, 1.54) is 6.92 Å². The van der Waals surface area contributed by atoms with E-state index >= 15 is 0 Å². The summed E-state index contributed by atoms with van der Waals surface area (Å²) in [5, 5.41) is 7.31. The third-order valence-electron chi connectivity index (χ3n) is 4.71. The van der Waals surface area contributed by atoms with Crippen LogP contribution in [0.5, 0.6) is 0 Å². The molecule has 4 heterocycles. The van der Waals surface area contributed by atoms with Gasteiger partial charge in [-0.25, -0.2) is 4.98 Å². The number of aryl methyl sites for hydroxylation is 1. The van der Waals surface area contributed by atoms with Gasteiger partial charge < -0.3 is 5.32 Å². The van der Waals surface area contributed by atoms with E-state index in [0.29, 0.717) is 18.7 Å². The summed E-state index contributed by atoms with van der Waals surface area (Å²) < 4.78 is 3.55. The fraction of sp³-hybridized carbons (Fsp3) is 0.368. The molecule has 27 heavy (non-hydrogen) atoms. The Kier molecular flexibility index (Phi) is 4.49. The third kappa shape index (κ3) is 3.75. The number of aromatic nitrogens is 4. The van der Waals surface area contributed by atoms with E-state index in [4.69, 9.17) is 0 Å². The number of carbonyl (C=O) groups excluding carboxylic acids is 1. The van der Waals surface area contributed by atoms with Gasteiger partial charge in [-0.1, -0.05) is 0 Å². The number of nitrogens with one attached hydrogen (secondary N) is 1. The SMILES string of the molecule is CC(=O)NCc1cc2n(n1)CCN(Cc1cc(=O)n3ccc(C)cc3n1)C2. The maximum Gasteiger partial charge on any atom is 0.258 e. The summed E-state index contributed by atoms with van der Waals surface area (Å²) in [6.45, 7) is 6.90. The predicted octanol–water partition coefficient (Wildman–Crippen LogP) is 0.851. The van der Waals surface area contributed by atoms with Crippen molar-refractivity contribution in [2.75, 3.05) is 6.54 Å². The first-order chi connectivity index (χ1) is 13.0.